The van der Waals surface area contributed by atoms with Gasteiger partial charge in [-0.05, 0) is 65.9 Å². The molecule has 1 amide bonds. The van der Waals surface area contributed by atoms with Gasteiger partial charge in [0.1, 0.15) is 29.6 Å². The number of esters is 1. The Hall–Kier alpha value is -5.23. The zero-order valence-corrected chi connectivity index (χ0v) is 27.0. The predicted molar refractivity (Wildman–Crippen MR) is 173 cm³/mol. The minimum absolute atomic E-state index is 0.0128. The van der Waals surface area contributed by atoms with Gasteiger partial charge in [-0.2, -0.15) is 0 Å². The number of amides is 1. The zero-order chi connectivity index (χ0) is 34.2. The molecule has 2 aromatic heterocycles. The number of benzene rings is 3. The van der Waals surface area contributed by atoms with Crippen molar-refractivity contribution >= 4 is 22.9 Å². The van der Waals surface area contributed by atoms with E-state index in [2.05, 4.69) is 9.97 Å². The van der Waals surface area contributed by atoms with Gasteiger partial charge in [-0.15, -0.1) is 0 Å². The molecule has 0 bridgehead atoms. The van der Waals surface area contributed by atoms with Crippen molar-refractivity contribution in [1.82, 2.24) is 19.4 Å². The van der Waals surface area contributed by atoms with Gasteiger partial charge in [0.05, 0.1) is 36.0 Å². The smallest absolute Gasteiger partial charge is 0.338 e. The van der Waals surface area contributed by atoms with Crippen LogP contribution in [-0.2, 0) is 46.9 Å². The highest BCUT2D eigenvalue weighted by atomic mass is 19.1. The molecule has 1 fully saturated rings. The first-order valence-electron chi connectivity index (χ1n) is 16.1. The third kappa shape index (κ3) is 6.60. The fraction of sp³-hybridized carbons (Fsp3) is 0.297. The van der Waals surface area contributed by atoms with Crippen LogP contribution in [0.3, 0.4) is 0 Å². The number of carbonyl (C=O) groups excluding carboxylic acids is 2. The monoisotopic (exact) mass is 670 g/mol. The number of pyridine rings is 1. The predicted octanol–water partition coefficient (Wildman–Crippen LogP) is 6.51. The molecule has 2 aliphatic rings. The number of hydrogen-bond acceptors (Lipinski definition) is 7. The van der Waals surface area contributed by atoms with Crippen LogP contribution in [0.5, 0.6) is 5.88 Å². The van der Waals surface area contributed by atoms with Crippen molar-refractivity contribution in [3.05, 3.63) is 112 Å². The quantitative estimate of drug-likeness (QED) is 0.156. The molecule has 0 saturated carbocycles. The van der Waals surface area contributed by atoms with Crippen molar-refractivity contribution in [1.29, 1.82) is 0 Å². The number of carbonyl (C=O) groups is 2. The van der Waals surface area contributed by atoms with E-state index >= 15 is 13.2 Å². The normalized spacial score (nSPS) is 15.3. The van der Waals surface area contributed by atoms with E-state index in [-0.39, 0.29) is 65.4 Å². The number of imidazole rings is 1. The standard InChI is InChI=1S/C37H33F3N4O5/c1-3-47-37(46)25-13-31(40)36-33(14-25)44(19-27-9-10-48-27)34(42-36)15-24-12-30(39)28(16-29(24)38)32-5-4-6-35(41-32)49-20-22-7-8-23-17-43(21(2)45)18-26(23)11-22/h4-8,11-14,16,27H,3,9-10,15,17-20H2,1-2H3/t27-/m0/s1. The summed E-state index contributed by atoms with van der Waals surface area (Å²) < 4.78 is 64.8. The van der Waals surface area contributed by atoms with Gasteiger partial charge in [0.2, 0.25) is 11.8 Å². The van der Waals surface area contributed by atoms with Crippen LogP contribution >= 0.6 is 0 Å². The van der Waals surface area contributed by atoms with Gasteiger partial charge in [-0.1, -0.05) is 24.3 Å². The first-order chi connectivity index (χ1) is 23.7. The Labute approximate surface area is 280 Å². The van der Waals surface area contributed by atoms with Gasteiger partial charge >= 0.3 is 5.97 Å². The lowest BCUT2D eigenvalue weighted by molar-refractivity contribution is -0.129. The number of aromatic nitrogens is 3. The van der Waals surface area contributed by atoms with Crippen LogP contribution in [0.1, 0.15) is 58.7 Å². The van der Waals surface area contributed by atoms with Crippen molar-refractivity contribution in [2.75, 3.05) is 13.2 Å². The fourth-order valence-electron chi connectivity index (χ4n) is 6.19. The van der Waals surface area contributed by atoms with Gasteiger partial charge in [-0.3, -0.25) is 4.79 Å². The Morgan fingerprint density at radius 2 is 1.78 bits per heavy atom. The van der Waals surface area contributed by atoms with E-state index in [1.54, 1.807) is 41.5 Å². The number of halogens is 3. The molecule has 1 saturated heterocycles. The van der Waals surface area contributed by atoms with Crippen LogP contribution in [0.25, 0.3) is 22.3 Å². The molecular formula is C37H33F3N4O5. The first kappa shape index (κ1) is 32.3. The Kier molecular flexibility index (Phi) is 8.81. The molecule has 5 aromatic rings. The second-order valence-electron chi connectivity index (χ2n) is 12.2. The van der Waals surface area contributed by atoms with Gasteiger partial charge < -0.3 is 23.7 Å². The summed E-state index contributed by atoms with van der Waals surface area (Å²) in [6.45, 7) is 5.57. The van der Waals surface area contributed by atoms with Crippen LogP contribution < -0.4 is 4.74 Å². The van der Waals surface area contributed by atoms with Gasteiger partial charge in [0.25, 0.3) is 0 Å². The second kappa shape index (κ2) is 13.3. The van der Waals surface area contributed by atoms with E-state index in [0.29, 0.717) is 37.6 Å². The number of hydrogen-bond donors (Lipinski definition) is 0. The Bertz CT molecular complexity index is 2090. The molecule has 3 aromatic carbocycles. The SMILES string of the molecule is CCOC(=O)c1cc(F)c2nc(Cc3cc(F)c(-c4cccc(OCc5ccc6c(c5)CN(C(C)=O)C6)n4)cc3F)n(C[C@@H]3CCO3)c2c1. The van der Waals surface area contributed by atoms with Crippen molar-refractivity contribution in [3.8, 4) is 17.1 Å². The lowest BCUT2D eigenvalue weighted by Crippen LogP contribution is -2.31. The maximum atomic E-state index is 15.7. The highest BCUT2D eigenvalue weighted by Crippen LogP contribution is 2.30. The minimum Gasteiger partial charge on any atom is -0.473 e. The number of rotatable bonds is 10. The lowest BCUT2D eigenvalue weighted by atomic mass is 10.0. The van der Waals surface area contributed by atoms with Crippen LogP contribution in [0, 0.1) is 17.5 Å². The van der Waals surface area contributed by atoms with E-state index in [1.165, 1.54) is 6.07 Å². The highest BCUT2D eigenvalue weighted by Gasteiger charge is 2.26. The topological polar surface area (TPSA) is 95.8 Å². The molecule has 7 rings (SSSR count). The summed E-state index contributed by atoms with van der Waals surface area (Å²) in [4.78, 5) is 34.8. The molecular weight excluding hydrogens is 637 g/mol. The van der Waals surface area contributed by atoms with Crippen molar-refractivity contribution in [2.45, 2.75) is 59.0 Å². The van der Waals surface area contributed by atoms with Gasteiger partial charge in [0.15, 0.2) is 5.82 Å². The van der Waals surface area contributed by atoms with Crippen LogP contribution in [0.2, 0.25) is 0 Å². The molecule has 12 heteroatoms. The second-order valence-corrected chi connectivity index (χ2v) is 12.2. The molecule has 0 N–H and O–H groups in total. The molecule has 0 aliphatic carbocycles. The van der Waals surface area contributed by atoms with Crippen molar-refractivity contribution in [2.24, 2.45) is 0 Å². The summed E-state index contributed by atoms with van der Waals surface area (Å²) in [6, 6.07) is 15.5. The summed E-state index contributed by atoms with van der Waals surface area (Å²) in [6.07, 6.45) is 0.481. The number of fused-ring (bicyclic) bond motifs is 2. The summed E-state index contributed by atoms with van der Waals surface area (Å²) >= 11 is 0. The third-order valence-corrected chi connectivity index (χ3v) is 8.89. The third-order valence-electron chi connectivity index (χ3n) is 8.89. The van der Waals surface area contributed by atoms with E-state index in [4.69, 9.17) is 14.2 Å². The van der Waals surface area contributed by atoms with E-state index in [0.717, 1.165) is 41.3 Å². The molecule has 0 radical (unpaired) electrons. The average molecular weight is 671 g/mol. The Balaban J connectivity index is 1.12. The van der Waals surface area contributed by atoms with Crippen LogP contribution in [-0.4, -0.2) is 50.6 Å². The molecule has 0 unspecified atom stereocenters. The van der Waals surface area contributed by atoms with Crippen molar-refractivity contribution < 1.29 is 37.0 Å². The molecule has 4 heterocycles. The first-order valence-corrected chi connectivity index (χ1v) is 16.1. The van der Waals surface area contributed by atoms with Crippen LogP contribution in [0.15, 0.2) is 60.7 Å². The molecule has 2 aliphatic heterocycles. The summed E-state index contributed by atoms with van der Waals surface area (Å²) in [5.41, 5.74) is 3.60. The fourth-order valence-corrected chi connectivity index (χ4v) is 6.19. The molecule has 1 atom stereocenters. The molecule has 252 valence electrons. The number of ether oxygens (including phenoxy) is 3. The summed E-state index contributed by atoms with van der Waals surface area (Å²) in [5.74, 6) is -2.22. The highest BCUT2D eigenvalue weighted by molar-refractivity contribution is 5.94. The maximum Gasteiger partial charge on any atom is 0.338 e. The molecule has 9 nitrogen and oxygen atoms in total. The Morgan fingerprint density at radius 1 is 0.959 bits per heavy atom. The summed E-state index contributed by atoms with van der Waals surface area (Å²) in [7, 11) is 0. The van der Waals surface area contributed by atoms with Gasteiger partial charge in [0, 0.05) is 44.7 Å². The molecule has 49 heavy (non-hydrogen) atoms. The molecule has 0 spiro atoms. The average Bonchev–Trinajstić information content (AvgIpc) is 3.65. The van der Waals surface area contributed by atoms with E-state index in [9.17, 15) is 9.59 Å². The Morgan fingerprint density at radius 3 is 2.53 bits per heavy atom. The maximum absolute atomic E-state index is 15.7. The van der Waals surface area contributed by atoms with Crippen molar-refractivity contribution in [3.63, 3.8) is 0 Å². The summed E-state index contributed by atoms with van der Waals surface area (Å²) in [5, 5.41) is 0. The lowest BCUT2D eigenvalue weighted by Gasteiger charge is -2.27. The minimum atomic E-state index is -0.721. The van der Waals surface area contributed by atoms with Crippen LogP contribution in [0.4, 0.5) is 13.2 Å². The van der Waals surface area contributed by atoms with E-state index < -0.39 is 23.4 Å². The van der Waals surface area contributed by atoms with E-state index in [1.807, 2.05) is 18.2 Å². The van der Waals surface area contributed by atoms with Gasteiger partial charge in [-0.25, -0.2) is 27.9 Å². The number of nitrogens with zero attached hydrogens (tertiary/aromatic N) is 4. The zero-order valence-electron chi connectivity index (χ0n) is 27.0. The largest absolute Gasteiger partial charge is 0.473 e.